The molecule has 0 aliphatic carbocycles. The lowest BCUT2D eigenvalue weighted by molar-refractivity contribution is 0.0942. The van der Waals surface area contributed by atoms with E-state index in [1.54, 1.807) is 19.9 Å². The third-order valence-corrected chi connectivity index (χ3v) is 2.37. The number of nitrogens with one attached hydrogen (secondary N) is 1. The largest absolute Gasteiger partial charge is 0.350 e. The molecule has 0 aromatic heterocycles. The SMILES string of the molecule is CC(C)(N)CNC(=O)c1ccc(Br)cc1F. The summed E-state index contributed by atoms with van der Waals surface area (Å²) in [5.41, 5.74) is 5.22. The lowest BCUT2D eigenvalue weighted by Gasteiger charge is -2.18. The van der Waals surface area contributed by atoms with E-state index in [1.807, 2.05) is 0 Å². The number of hydrogen-bond acceptors (Lipinski definition) is 2. The summed E-state index contributed by atoms with van der Waals surface area (Å²) in [5, 5.41) is 2.58. The van der Waals surface area contributed by atoms with E-state index in [0.29, 0.717) is 11.0 Å². The molecule has 1 aromatic rings. The Balaban J connectivity index is 2.74. The second-order valence-corrected chi connectivity index (χ2v) is 5.21. The zero-order valence-corrected chi connectivity index (χ0v) is 10.8. The number of amides is 1. The first-order valence-corrected chi connectivity index (χ1v) is 5.61. The van der Waals surface area contributed by atoms with Crippen LogP contribution in [0.2, 0.25) is 0 Å². The van der Waals surface area contributed by atoms with E-state index in [1.165, 1.54) is 12.1 Å². The fourth-order valence-corrected chi connectivity index (χ4v) is 1.41. The van der Waals surface area contributed by atoms with Crippen molar-refractivity contribution in [2.75, 3.05) is 6.54 Å². The lowest BCUT2D eigenvalue weighted by atomic mass is 10.1. The van der Waals surface area contributed by atoms with Crippen LogP contribution in [0.1, 0.15) is 24.2 Å². The van der Waals surface area contributed by atoms with Gasteiger partial charge >= 0.3 is 0 Å². The third-order valence-electron chi connectivity index (χ3n) is 1.88. The summed E-state index contributed by atoms with van der Waals surface area (Å²) < 4.78 is 14.0. The molecule has 1 rings (SSSR count). The number of rotatable bonds is 3. The summed E-state index contributed by atoms with van der Waals surface area (Å²) in [6, 6.07) is 4.30. The number of hydrogen-bond donors (Lipinski definition) is 2. The van der Waals surface area contributed by atoms with Gasteiger partial charge in [0.1, 0.15) is 5.82 Å². The third kappa shape index (κ3) is 3.90. The fraction of sp³-hybridized carbons (Fsp3) is 0.364. The van der Waals surface area contributed by atoms with Gasteiger partial charge in [-0.1, -0.05) is 15.9 Å². The average Bonchev–Trinajstić information content (AvgIpc) is 2.13. The summed E-state index contributed by atoms with van der Waals surface area (Å²) in [4.78, 5) is 11.6. The van der Waals surface area contributed by atoms with Crippen molar-refractivity contribution in [3.05, 3.63) is 34.1 Å². The Labute approximate surface area is 102 Å². The molecule has 1 amide bonds. The van der Waals surface area contributed by atoms with Crippen LogP contribution in [0, 0.1) is 5.82 Å². The van der Waals surface area contributed by atoms with Gasteiger partial charge in [0.2, 0.25) is 0 Å². The normalized spacial score (nSPS) is 11.3. The van der Waals surface area contributed by atoms with Gasteiger partial charge in [0, 0.05) is 16.6 Å². The Hall–Kier alpha value is -0.940. The van der Waals surface area contributed by atoms with Crippen LogP contribution < -0.4 is 11.1 Å². The molecule has 0 radical (unpaired) electrons. The highest BCUT2D eigenvalue weighted by molar-refractivity contribution is 9.10. The van der Waals surface area contributed by atoms with Gasteiger partial charge in [0.15, 0.2) is 0 Å². The van der Waals surface area contributed by atoms with E-state index in [9.17, 15) is 9.18 Å². The van der Waals surface area contributed by atoms with Crippen LogP contribution in [0.3, 0.4) is 0 Å². The monoisotopic (exact) mass is 288 g/mol. The zero-order valence-electron chi connectivity index (χ0n) is 9.18. The zero-order chi connectivity index (χ0) is 12.3. The van der Waals surface area contributed by atoms with Gasteiger partial charge in [-0.25, -0.2) is 4.39 Å². The summed E-state index contributed by atoms with van der Waals surface area (Å²) in [7, 11) is 0. The maximum atomic E-state index is 13.4. The van der Waals surface area contributed by atoms with Crippen molar-refractivity contribution in [3.63, 3.8) is 0 Å². The minimum absolute atomic E-state index is 0.0208. The first-order valence-electron chi connectivity index (χ1n) is 4.82. The highest BCUT2D eigenvalue weighted by Crippen LogP contribution is 2.15. The Kier molecular flexibility index (Phi) is 4.04. The second kappa shape index (κ2) is 4.93. The van der Waals surface area contributed by atoms with Crippen LogP contribution in [0.5, 0.6) is 0 Å². The number of benzene rings is 1. The molecule has 0 aliphatic rings. The van der Waals surface area contributed by atoms with Crippen molar-refractivity contribution in [1.82, 2.24) is 5.32 Å². The highest BCUT2D eigenvalue weighted by atomic mass is 79.9. The van der Waals surface area contributed by atoms with Gasteiger partial charge in [0.25, 0.3) is 5.91 Å². The molecular formula is C11H14BrFN2O. The van der Waals surface area contributed by atoms with Crippen molar-refractivity contribution in [2.24, 2.45) is 5.73 Å². The number of nitrogens with two attached hydrogens (primary N) is 1. The maximum Gasteiger partial charge on any atom is 0.254 e. The predicted molar refractivity (Wildman–Crippen MR) is 64.7 cm³/mol. The van der Waals surface area contributed by atoms with Gasteiger partial charge < -0.3 is 11.1 Å². The molecule has 0 aliphatic heterocycles. The molecule has 0 atom stereocenters. The van der Waals surface area contributed by atoms with Crippen LogP contribution in [-0.2, 0) is 0 Å². The van der Waals surface area contributed by atoms with Crippen LogP contribution >= 0.6 is 15.9 Å². The van der Waals surface area contributed by atoms with Gasteiger partial charge in [-0.3, -0.25) is 4.79 Å². The summed E-state index contributed by atoms with van der Waals surface area (Å²) in [6.07, 6.45) is 0. The predicted octanol–water partition coefficient (Wildman–Crippen LogP) is 2.06. The van der Waals surface area contributed by atoms with Crippen LogP contribution in [0.4, 0.5) is 4.39 Å². The number of halogens is 2. The molecule has 0 spiro atoms. The van der Waals surface area contributed by atoms with Crippen LogP contribution in [0.25, 0.3) is 0 Å². The summed E-state index contributed by atoms with van der Waals surface area (Å²) in [5.74, 6) is -1.01. The molecule has 3 nitrogen and oxygen atoms in total. The number of carbonyl (C=O) groups excluding carboxylic acids is 1. The van der Waals surface area contributed by atoms with Crippen LogP contribution in [-0.4, -0.2) is 18.0 Å². The van der Waals surface area contributed by atoms with Gasteiger partial charge in [-0.05, 0) is 32.0 Å². The Morgan fingerprint density at radius 3 is 2.69 bits per heavy atom. The Bertz CT molecular complexity index is 401. The van der Waals surface area contributed by atoms with E-state index in [0.717, 1.165) is 0 Å². The van der Waals surface area contributed by atoms with Crippen molar-refractivity contribution < 1.29 is 9.18 Å². The summed E-state index contributed by atoms with van der Waals surface area (Å²) in [6.45, 7) is 3.86. The molecule has 0 fully saturated rings. The smallest absolute Gasteiger partial charge is 0.254 e. The molecule has 1 aromatic carbocycles. The molecule has 0 saturated heterocycles. The first-order chi connectivity index (χ1) is 7.29. The van der Waals surface area contributed by atoms with Gasteiger partial charge in [0.05, 0.1) is 5.56 Å². The average molecular weight is 289 g/mol. The minimum atomic E-state index is -0.554. The van der Waals surface area contributed by atoms with E-state index >= 15 is 0 Å². The summed E-state index contributed by atoms with van der Waals surface area (Å²) >= 11 is 3.12. The lowest BCUT2D eigenvalue weighted by Crippen LogP contribution is -2.45. The second-order valence-electron chi connectivity index (χ2n) is 4.30. The number of carbonyl (C=O) groups is 1. The Morgan fingerprint density at radius 1 is 1.56 bits per heavy atom. The van der Waals surface area contributed by atoms with Crippen molar-refractivity contribution in [2.45, 2.75) is 19.4 Å². The molecule has 0 saturated carbocycles. The standard InChI is InChI=1S/C11H14BrFN2O/c1-11(2,14)6-15-10(16)8-4-3-7(12)5-9(8)13/h3-5H,6,14H2,1-2H3,(H,15,16). The molecule has 5 heteroatoms. The van der Waals surface area contributed by atoms with E-state index in [4.69, 9.17) is 5.73 Å². The van der Waals surface area contributed by atoms with E-state index in [-0.39, 0.29) is 5.56 Å². The van der Waals surface area contributed by atoms with Crippen LogP contribution in [0.15, 0.2) is 22.7 Å². The van der Waals surface area contributed by atoms with Gasteiger partial charge in [-0.2, -0.15) is 0 Å². The van der Waals surface area contributed by atoms with Crippen molar-refractivity contribution in [1.29, 1.82) is 0 Å². The molecule has 88 valence electrons. The fourth-order valence-electron chi connectivity index (χ4n) is 1.08. The molecule has 3 N–H and O–H groups in total. The Morgan fingerprint density at radius 2 is 2.19 bits per heavy atom. The quantitative estimate of drug-likeness (QED) is 0.895. The topological polar surface area (TPSA) is 55.1 Å². The maximum absolute atomic E-state index is 13.4. The molecule has 0 unspecified atom stereocenters. The first kappa shape index (κ1) is 13.1. The molecule has 0 bridgehead atoms. The molecule has 16 heavy (non-hydrogen) atoms. The van der Waals surface area contributed by atoms with E-state index < -0.39 is 17.3 Å². The van der Waals surface area contributed by atoms with Crippen molar-refractivity contribution >= 4 is 21.8 Å². The van der Waals surface area contributed by atoms with E-state index in [2.05, 4.69) is 21.2 Å². The highest BCUT2D eigenvalue weighted by Gasteiger charge is 2.15. The minimum Gasteiger partial charge on any atom is -0.350 e. The van der Waals surface area contributed by atoms with Gasteiger partial charge in [-0.15, -0.1) is 0 Å². The van der Waals surface area contributed by atoms with Crippen molar-refractivity contribution in [3.8, 4) is 0 Å². The molecule has 0 heterocycles. The molecular weight excluding hydrogens is 275 g/mol.